The molecule has 5 rings (SSSR count). The minimum Gasteiger partial charge on any atom is -0.363 e. The third kappa shape index (κ3) is 4.43. The summed E-state index contributed by atoms with van der Waals surface area (Å²) in [5.41, 5.74) is 2.64. The summed E-state index contributed by atoms with van der Waals surface area (Å²) >= 11 is 0. The van der Waals surface area contributed by atoms with E-state index in [1.165, 1.54) is 30.3 Å². The van der Waals surface area contributed by atoms with Crippen LogP contribution in [0.1, 0.15) is 31.4 Å². The van der Waals surface area contributed by atoms with Gasteiger partial charge in [-0.3, -0.25) is 14.5 Å². The molecule has 2 aromatic carbocycles. The monoisotopic (exact) mass is 464 g/mol. The number of nitrogens with one attached hydrogen (secondary N) is 2. The van der Waals surface area contributed by atoms with E-state index in [2.05, 4.69) is 32.7 Å². The molecule has 34 heavy (non-hydrogen) atoms. The number of aliphatic imine (C=N–C) groups is 1. The van der Waals surface area contributed by atoms with Crippen molar-refractivity contribution >= 4 is 23.0 Å². The topological polar surface area (TPSA) is 74.5 Å². The van der Waals surface area contributed by atoms with Crippen molar-refractivity contribution in [1.82, 2.24) is 14.7 Å². The van der Waals surface area contributed by atoms with Crippen molar-refractivity contribution in [3.05, 3.63) is 66.0 Å². The molecule has 1 fully saturated rings. The first-order valence-corrected chi connectivity index (χ1v) is 11.4. The second-order valence-corrected chi connectivity index (χ2v) is 8.88. The summed E-state index contributed by atoms with van der Waals surface area (Å²) in [7, 11) is 2.10. The maximum absolute atomic E-state index is 15.1. The molecule has 1 atom stereocenters. The van der Waals surface area contributed by atoms with Crippen LogP contribution in [-0.2, 0) is 4.79 Å². The van der Waals surface area contributed by atoms with Gasteiger partial charge in [0.2, 0.25) is 0 Å². The molecular weight excluding hydrogens is 438 g/mol. The third-order valence-corrected chi connectivity index (χ3v) is 6.34. The molecule has 3 aromatic rings. The highest BCUT2D eigenvalue weighted by Crippen LogP contribution is 2.33. The first-order valence-electron chi connectivity index (χ1n) is 11.4. The number of halogens is 2. The van der Waals surface area contributed by atoms with Gasteiger partial charge in [-0.15, -0.1) is 0 Å². The Morgan fingerprint density at radius 3 is 2.59 bits per heavy atom. The highest BCUT2D eigenvalue weighted by molar-refractivity contribution is 6.50. The molecular formula is C25H26F2N6O. The van der Waals surface area contributed by atoms with Crippen LogP contribution < -0.4 is 10.6 Å². The summed E-state index contributed by atoms with van der Waals surface area (Å²) in [5, 5.41) is 10.4. The van der Waals surface area contributed by atoms with Crippen LogP contribution in [-0.4, -0.2) is 52.6 Å². The molecule has 9 heteroatoms. The van der Waals surface area contributed by atoms with E-state index in [0.29, 0.717) is 28.1 Å². The van der Waals surface area contributed by atoms with Gasteiger partial charge >= 0.3 is 0 Å². The molecule has 0 saturated carbocycles. The van der Waals surface area contributed by atoms with Crippen molar-refractivity contribution in [2.75, 3.05) is 30.8 Å². The Morgan fingerprint density at radius 2 is 1.85 bits per heavy atom. The number of hydrogen-bond acceptors (Lipinski definition) is 5. The largest absolute Gasteiger partial charge is 0.363 e. The fraction of sp³-hybridized carbons (Fsp3) is 0.320. The Kier molecular flexibility index (Phi) is 5.87. The zero-order chi connectivity index (χ0) is 23.8. The number of anilines is 2. The predicted octanol–water partition coefficient (Wildman–Crippen LogP) is 4.29. The van der Waals surface area contributed by atoms with E-state index in [9.17, 15) is 9.18 Å². The molecule has 0 radical (unpaired) electrons. The number of likely N-dealkylation sites (tertiary alicyclic amines) is 1. The maximum Gasteiger partial charge on any atom is 0.274 e. The van der Waals surface area contributed by atoms with Gasteiger partial charge < -0.3 is 15.5 Å². The SMILES string of the molecule is CC1N=C(C(=O)Nc2ccc(F)cc2)c2cc(-c3cnn(C4CCN(C)CC4)c3)c(F)cc2N1. The molecule has 3 heterocycles. The number of hydrogen-bond donors (Lipinski definition) is 2. The fourth-order valence-corrected chi connectivity index (χ4v) is 4.47. The minimum absolute atomic E-state index is 0.189. The standard InChI is InChI=1S/C25H26F2N6O/c1-15-29-23-12-22(27)20(16-13-28-33(14-16)19-7-9-32(2)10-8-19)11-21(23)24(30-15)25(34)31-18-5-3-17(26)4-6-18/h3-6,11-15,19,29H,7-10H2,1-2H3,(H,31,34). The lowest BCUT2D eigenvalue weighted by atomic mass is 9.98. The van der Waals surface area contributed by atoms with Crippen LogP contribution in [0.5, 0.6) is 0 Å². The molecule has 1 aromatic heterocycles. The van der Waals surface area contributed by atoms with Crippen LogP contribution in [0, 0.1) is 11.6 Å². The van der Waals surface area contributed by atoms with Gasteiger partial charge in [-0.2, -0.15) is 5.10 Å². The maximum atomic E-state index is 15.1. The van der Waals surface area contributed by atoms with Crippen molar-refractivity contribution in [3.8, 4) is 11.1 Å². The summed E-state index contributed by atoms with van der Waals surface area (Å²) in [6.07, 6.45) is 5.12. The van der Waals surface area contributed by atoms with E-state index in [-0.39, 0.29) is 11.8 Å². The normalized spacial score (nSPS) is 18.7. The van der Waals surface area contributed by atoms with E-state index in [1.54, 1.807) is 19.2 Å². The van der Waals surface area contributed by atoms with Gasteiger partial charge in [0.1, 0.15) is 23.5 Å². The second kappa shape index (κ2) is 8.98. The van der Waals surface area contributed by atoms with E-state index in [0.717, 1.165) is 25.9 Å². The Balaban J connectivity index is 1.45. The van der Waals surface area contributed by atoms with Gasteiger partial charge in [-0.1, -0.05) is 0 Å². The number of nitrogens with zero attached hydrogens (tertiary/aromatic N) is 4. The van der Waals surface area contributed by atoms with Crippen molar-refractivity contribution in [2.24, 2.45) is 4.99 Å². The lowest BCUT2D eigenvalue weighted by Crippen LogP contribution is -2.32. The van der Waals surface area contributed by atoms with E-state index in [1.807, 2.05) is 10.9 Å². The quantitative estimate of drug-likeness (QED) is 0.604. The van der Waals surface area contributed by atoms with Crippen LogP contribution in [0.2, 0.25) is 0 Å². The third-order valence-electron chi connectivity index (χ3n) is 6.34. The van der Waals surface area contributed by atoms with Gasteiger partial charge in [-0.25, -0.2) is 8.78 Å². The molecule has 2 aliphatic heterocycles. The lowest BCUT2D eigenvalue weighted by Gasteiger charge is -2.29. The van der Waals surface area contributed by atoms with E-state index >= 15 is 4.39 Å². The van der Waals surface area contributed by atoms with Crippen molar-refractivity contribution < 1.29 is 13.6 Å². The zero-order valence-corrected chi connectivity index (χ0v) is 19.1. The summed E-state index contributed by atoms with van der Waals surface area (Å²) in [6.45, 7) is 3.78. The number of carbonyl (C=O) groups excluding carboxylic acids is 1. The number of carbonyl (C=O) groups is 1. The summed E-state index contributed by atoms with van der Waals surface area (Å²) in [5.74, 6) is -1.24. The molecule has 2 aliphatic rings. The molecule has 1 saturated heterocycles. The summed E-state index contributed by atoms with van der Waals surface area (Å²) in [4.78, 5) is 19.8. The number of aromatic nitrogens is 2. The molecule has 7 nitrogen and oxygen atoms in total. The highest BCUT2D eigenvalue weighted by Gasteiger charge is 2.26. The van der Waals surface area contributed by atoms with Gasteiger partial charge in [0, 0.05) is 34.3 Å². The molecule has 0 spiro atoms. The number of fused-ring (bicyclic) bond motifs is 1. The average molecular weight is 465 g/mol. The second-order valence-electron chi connectivity index (χ2n) is 8.88. The van der Waals surface area contributed by atoms with Gasteiger partial charge in [0.15, 0.2) is 0 Å². The number of piperidine rings is 1. The van der Waals surface area contributed by atoms with Crippen molar-refractivity contribution in [2.45, 2.75) is 32.0 Å². The van der Waals surface area contributed by atoms with Gasteiger partial charge in [0.25, 0.3) is 5.91 Å². The highest BCUT2D eigenvalue weighted by atomic mass is 19.1. The summed E-state index contributed by atoms with van der Waals surface area (Å²) < 4.78 is 30.3. The summed E-state index contributed by atoms with van der Waals surface area (Å²) in [6, 6.07) is 8.82. The molecule has 176 valence electrons. The Hall–Kier alpha value is -3.59. The first kappa shape index (κ1) is 22.2. The number of amides is 1. The Bertz CT molecular complexity index is 1240. The molecule has 1 amide bonds. The molecule has 0 aliphatic carbocycles. The Morgan fingerprint density at radius 1 is 1.12 bits per heavy atom. The number of rotatable bonds is 4. The molecule has 2 N–H and O–H groups in total. The lowest BCUT2D eigenvalue weighted by molar-refractivity contribution is -0.110. The van der Waals surface area contributed by atoms with Gasteiger partial charge in [-0.05, 0) is 76.3 Å². The Labute approximate surface area is 196 Å². The van der Waals surface area contributed by atoms with Crippen molar-refractivity contribution in [3.63, 3.8) is 0 Å². The van der Waals surface area contributed by atoms with E-state index < -0.39 is 23.7 Å². The van der Waals surface area contributed by atoms with Crippen LogP contribution in [0.25, 0.3) is 11.1 Å². The average Bonchev–Trinajstić information content (AvgIpc) is 3.30. The van der Waals surface area contributed by atoms with Crippen LogP contribution in [0.15, 0.2) is 53.8 Å². The van der Waals surface area contributed by atoms with Crippen LogP contribution in [0.4, 0.5) is 20.2 Å². The molecule has 1 unspecified atom stereocenters. The minimum atomic E-state index is -0.444. The van der Waals surface area contributed by atoms with Crippen LogP contribution >= 0.6 is 0 Å². The van der Waals surface area contributed by atoms with E-state index in [4.69, 9.17) is 0 Å². The molecule has 0 bridgehead atoms. The van der Waals surface area contributed by atoms with Crippen molar-refractivity contribution in [1.29, 1.82) is 0 Å². The smallest absolute Gasteiger partial charge is 0.274 e. The number of benzene rings is 2. The zero-order valence-electron chi connectivity index (χ0n) is 19.1. The first-order chi connectivity index (χ1) is 16.4. The fourth-order valence-electron chi connectivity index (χ4n) is 4.47. The predicted molar refractivity (Wildman–Crippen MR) is 128 cm³/mol. The van der Waals surface area contributed by atoms with Crippen LogP contribution in [0.3, 0.4) is 0 Å². The van der Waals surface area contributed by atoms with Gasteiger partial charge in [0.05, 0.1) is 12.2 Å².